The molecule has 0 fully saturated rings. The lowest BCUT2D eigenvalue weighted by Crippen LogP contribution is -2.42. The predicted molar refractivity (Wildman–Crippen MR) is 133 cm³/mol. The number of hydrogen-bond acceptors (Lipinski definition) is 8. The maximum absolute atomic E-state index is 13.4. The van der Waals surface area contributed by atoms with Gasteiger partial charge in [0.25, 0.3) is 5.56 Å². The number of nitrogen functional groups attached to an aromatic ring is 1. The number of hydrogen-bond donors (Lipinski definition) is 2. The molecule has 3 N–H and O–H groups in total. The molecule has 0 bridgehead atoms. The topological polar surface area (TPSA) is 127 Å². The first-order chi connectivity index (χ1) is 16.0. The summed E-state index contributed by atoms with van der Waals surface area (Å²) in [4.78, 5) is 53.2. The molecule has 0 atom stereocenters. The standard InChI is InChI=1S/C22H28N6O3S2/c1-3-5-10-27(17-18(23)28(9-4-2)22(31)26-19(17)30)15(29)11-32-20-16-13-7-6-8-14(13)33-21(16)25-12-24-20/h12H,3-11,23H2,1-2H3,(H,26,30,31). The predicted octanol–water partition coefficient (Wildman–Crippen LogP) is 2.95. The molecule has 3 heterocycles. The van der Waals surface area contributed by atoms with Gasteiger partial charge < -0.3 is 10.6 Å². The highest BCUT2D eigenvalue weighted by atomic mass is 32.2. The average Bonchev–Trinajstić information content (AvgIpc) is 3.38. The maximum Gasteiger partial charge on any atom is 0.330 e. The summed E-state index contributed by atoms with van der Waals surface area (Å²) in [6.07, 6.45) is 6.98. The molecule has 1 aliphatic rings. The van der Waals surface area contributed by atoms with Gasteiger partial charge in [0.05, 0.1) is 5.75 Å². The highest BCUT2D eigenvalue weighted by molar-refractivity contribution is 8.00. The molecule has 1 aliphatic carbocycles. The van der Waals surface area contributed by atoms with E-state index in [1.807, 2.05) is 13.8 Å². The Morgan fingerprint density at radius 2 is 2.09 bits per heavy atom. The second kappa shape index (κ2) is 10.1. The number of carbonyl (C=O) groups is 1. The van der Waals surface area contributed by atoms with Gasteiger partial charge in [0.2, 0.25) is 5.91 Å². The van der Waals surface area contributed by atoms with Crippen LogP contribution in [0.25, 0.3) is 10.2 Å². The van der Waals surface area contributed by atoms with E-state index in [0.29, 0.717) is 25.9 Å². The molecule has 0 aliphatic heterocycles. The van der Waals surface area contributed by atoms with Gasteiger partial charge in [-0.05, 0) is 37.7 Å². The number of aromatic amines is 1. The Morgan fingerprint density at radius 3 is 2.85 bits per heavy atom. The lowest BCUT2D eigenvalue weighted by atomic mass is 10.2. The van der Waals surface area contributed by atoms with Crippen molar-refractivity contribution in [2.24, 2.45) is 0 Å². The van der Waals surface area contributed by atoms with Crippen molar-refractivity contribution >= 4 is 50.7 Å². The number of unbranched alkanes of at least 4 members (excludes halogenated alkanes) is 1. The molecule has 0 aromatic carbocycles. The number of aryl methyl sites for hydroxylation is 2. The average molecular weight is 489 g/mol. The van der Waals surface area contributed by atoms with Crippen LogP contribution in [0, 0.1) is 0 Å². The molecule has 9 nitrogen and oxygen atoms in total. The van der Waals surface area contributed by atoms with Crippen LogP contribution in [0.5, 0.6) is 0 Å². The molecule has 0 saturated heterocycles. The van der Waals surface area contributed by atoms with E-state index in [-0.39, 0.29) is 23.2 Å². The third-order valence-electron chi connectivity index (χ3n) is 5.77. The first-order valence-corrected chi connectivity index (χ1v) is 13.1. The second-order valence-corrected chi connectivity index (χ2v) is 10.1. The van der Waals surface area contributed by atoms with Gasteiger partial charge in [-0.15, -0.1) is 11.3 Å². The number of thioether (sulfide) groups is 1. The molecule has 3 aromatic heterocycles. The maximum atomic E-state index is 13.4. The number of aromatic nitrogens is 4. The summed E-state index contributed by atoms with van der Waals surface area (Å²) in [5, 5.41) is 1.85. The number of fused-ring (bicyclic) bond motifs is 3. The van der Waals surface area contributed by atoms with Crippen molar-refractivity contribution in [1.29, 1.82) is 0 Å². The molecule has 33 heavy (non-hydrogen) atoms. The van der Waals surface area contributed by atoms with Crippen LogP contribution >= 0.6 is 23.1 Å². The first-order valence-electron chi connectivity index (χ1n) is 11.3. The van der Waals surface area contributed by atoms with Crippen molar-refractivity contribution < 1.29 is 4.79 Å². The number of carbonyl (C=O) groups excluding carboxylic acids is 1. The molecular weight excluding hydrogens is 460 g/mol. The number of anilines is 2. The molecule has 0 saturated carbocycles. The van der Waals surface area contributed by atoms with E-state index in [0.717, 1.165) is 40.9 Å². The smallest absolute Gasteiger partial charge is 0.330 e. The minimum atomic E-state index is -0.639. The lowest BCUT2D eigenvalue weighted by Gasteiger charge is -2.24. The van der Waals surface area contributed by atoms with Crippen molar-refractivity contribution in [3.05, 3.63) is 37.6 Å². The molecule has 0 spiro atoms. The van der Waals surface area contributed by atoms with E-state index >= 15 is 0 Å². The summed E-state index contributed by atoms with van der Waals surface area (Å²) < 4.78 is 1.32. The zero-order chi connectivity index (χ0) is 23.5. The van der Waals surface area contributed by atoms with Crippen LogP contribution in [-0.4, -0.2) is 37.7 Å². The van der Waals surface area contributed by atoms with Crippen LogP contribution in [0.4, 0.5) is 11.5 Å². The largest absolute Gasteiger partial charge is 0.383 e. The number of rotatable bonds is 9. The van der Waals surface area contributed by atoms with Crippen LogP contribution in [0.2, 0.25) is 0 Å². The summed E-state index contributed by atoms with van der Waals surface area (Å²) in [7, 11) is 0. The number of nitrogens with one attached hydrogen (secondary N) is 1. The van der Waals surface area contributed by atoms with Crippen molar-refractivity contribution in [2.75, 3.05) is 22.9 Å². The molecule has 0 radical (unpaired) electrons. The Kier molecular flexibility index (Phi) is 7.18. The highest BCUT2D eigenvalue weighted by Gasteiger charge is 2.26. The lowest BCUT2D eigenvalue weighted by molar-refractivity contribution is -0.116. The van der Waals surface area contributed by atoms with Gasteiger partial charge in [-0.25, -0.2) is 14.8 Å². The van der Waals surface area contributed by atoms with Crippen LogP contribution in [0.1, 0.15) is 50.0 Å². The summed E-state index contributed by atoms with van der Waals surface area (Å²) >= 11 is 3.06. The van der Waals surface area contributed by atoms with E-state index in [4.69, 9.17) is 5.73 Å². The normalized spacial score (nSPS) is 12.9. The van der Waals surface area contributed by atoms with Gasteiger partial charge in [-0.1, -0.05) is 32.0 Å². The van der Waals surface area contributed by atoms with Gasteiger partial charge in [-0.3, -0.25) is 19.1 Å². The highest BCUT2D eigenvalue weighted by Crippen LogP contribution is 2.40. The molecule has 4 rings (SSSR count). The van der Waals surface area contributed by atoms with E-state index in [1.54, 1.807) is 17.7 Å². The molecule has 1 amide bonds. The zero-order valence-corrected chi connectivity index (χ0v) is 20.5. The van der Waals surface area contributed by atoms with E-state index in [9.17, 15) is 14.4 Å². The summed E-state index contributed by atoms with van der Waals surface area (Å²) in [6.45, 7) is 4.64. The van der Waals surface area contributed by atoms with E-state index < -0.39 is 11.2 Å². The van der Waals surface area contributed by atoms with Crippen LogP contribution in [0.15, 0.2) is 20.9 Å². The third-order valence-corrected chi connectivity index (χ3v) is 7.94. The Hall–Kier alpha value is -2.66. The summed E-state index contributed by atoms with van der Waals surface area (Å²) in [5.74, 6) is -0.113. The number of nitrogens with two attached hydrogens (primary N) is 1. The van der Waals surface area contributed by atoms with Crippen LogP contribution < -0.4 is 21.9 Å². The molecule has 176 valence electrons. The SMILES string of the molecule is CCCCN(C(=O)CSc1ncnc2sc3c(c12)CCC3)c1c(N)n(CCC)c(=O)[nH]c1=O. The van der Waals surface area contributed by atoms with Gasteiger partial charge in [0.1, 0.15) is 22.0 Å². The van der Waals surface area contributed by atoms with E-state index in [1.165, 1.54) is 31.7 Å². The summed E-state index contributed by atoms with van der Waals surface area (Å²) in [6, 6.07) is 0. The third kappa shape index (κ3) is 4.56. The number of amides is 1. The van der Waals surface area contributed by atoms with Gasteiger partial charge in [0, 0.05) is 23.4 Å². The first kappa shape index (κ1) is 23.5. The molecular formula is C22H28N6O3S2. The fraction of sp³-hybridized carbons (Fsp3) is 0.500. The minimum absolute atomic E-state index is 0.0279. The van der Waals surface area contributed by atoms with Crippen molar-refractivity contribution in [2.45, 2.75) is 63.9 Å². The van der Waals surface area contributed by atoms with Crippen LogP contribution in [0.3, 0.4) is 0 Å². The van der Waals surface area contributed by atoms with Crippen LogP contribution in [-0.2, 0) is 24.2 Å². The van der Waals surface area contributed by atoms with Crippen molar-refractivity contribution in [1.82, 2.24) is 19.5 Å². The Balaban J connectivity index is 1.64. The Morgan fingerprint density at radius 1 is 1.27 bits per heavy atom. The van der Waals surface area contributed by atoms with Gasteiger partial charge in [0.15, 0.2) is 5.69 Å². The molecule has 0 unspecified atom stereocenters. The Bertz CT molecular complexity index is 1300. The summed E-state index contributed by atoms with van der Waals surface area (Å²) in [5.41, 5.74) is 6.39. The molecule has 3 aromatic rings. The fourth-order valence-electron chi connectivity index (χ4n) is 4.18. The van der Waals surface area contributed by atoms with Crippen molar-refractivity contribution in [3.8, 4) is 0 Å². The number of nitrogens with zero attached hydrogens (tertiary/aromatic N) is 4. The number of H-pyrrole nitrogens is 1. The van der Waals surface area contributed by atoms with Gasteiger partial charge >= 0.3 is 5.69 Å². The second-order valence-electron chi connectivity index (χ2n) is 8.05. The van der Waals surface area contributed by atoms with E-state index in [2.05, 4.69) is 15.0 Å². The Labute approximate surface area is 199 Å². The molecule has 11 heteroatoms. The zero-order valence-electron chi connectivity index (χ0n) is 18.8. The fourth-order valence-corrected chi connectivity index (χ4v) is 6.37. The monoisotopic (exact) mass is 488 g/mol. The quantitative estimate of drug-likeness (QED) is 0.350. The van der Waals surface area contributed by atoms with Crippen molar-refractivity contribution in [3.63, 3.8) is 0 Å². The number of thiophene rings is 1. The van der Waals surface area contributed by atoms with Gasteiger partial charge in [-0.2, -0.15) is 0 Å². The minimum Gasteiger partial charge on any atom is -0.383 e.